The molecule has 0 spiro atoms. The monoisotopic (exact) mass is 251 g/mol. The zero-order chi connectivity index (χ0) is 13.0. The average Bonchev–Trinajstić information content (AvgIpc) is 2.37. The van der Waals surface area contributed by atoms with E-state index in [-0.39, 0.29) is 17.5 Å². The Hall–Kier alpha value is -1.26. The first-order chi connectivity index (χ1) is 8.66. The summed E-state index contributed by atoms with van der Waals surface area (Å²) in [6.45, 7) is 4.66. The van der Waals surface area contributed by atoms with Crippen molar-refractivity contribution in [1.29, 1.82) is 0 Å². The van der Waals surface area contributed by atoms with Crippen LogP contribution in [0.2, 0.25) is 0 Å². The van der Waals surface area contributed by atoms with Gasteiger partial charge in [-0.05, 0) is 38.3 Å². The smallest absolute Gasteiger partial charge is 0.124 e. The van der Waals surface area contributed by atoms with Gasteiger partial charge in [-0.3, -0.25) is 0 Å². The molecule has 100 valence electrons. The molecule has 4 heteroatoms. The highest BCUT2D eigenvalue weighted by Crippen LogP contribution is 2.28. The van der Waals surface area contributed by atoms with E-state index in [1.807, 2.05) is 6.92 Å². The summed E-state index contributed by atoms with van der Waals surface area (Å²) in [5.74, 6) is 0.885. The van der Waals surface area contributed by atoms with Crippen molar-refractivity contribution in [3.8, 4) is 11.5 Å². The molecule has 1 fully saturated rings. The number of hydrogen-bond donors (Lipinski definition) is 3. The summed E-state index contributed by atoms with van der Waals surface area (Å²) in [7, 11) is 0. The van der Waals surface area contributed by atoms with Crippen molar-refractivity contribution < 1.29 is 14.9 Å². The molecule has 1 aliphatic rings. The third kappa shape index (κ3) is 3.37. The van der Waals surface area contributed by atoms with Crippen LogP contribution in [0.1, 0.15) is 31.4 Å². The van der Waals surface area contributed by atoms with Crippen LogP contribution in [0.4, 0.5) is 0 Å². The average molecular weight is 251 g/mol. The number of aromatic hydroxyl groups is 2. The standard InChI is InChI=1S/C14H21NO3/c1-10(13-3-2-12(16)8-14(13)17)15-9-11-4-6-18-7-5-11/h2-3,8,10-11,15-17H,4-7,9H2,1H3. The first-order valence-electron chi connectivity index (χ1n) is 6.50. The van der Waals surface area contributed by atoms with Gasteiger partial charge in [0.15, 0.2) is 0 Å². The van der Waals surface area contributed by atoms with E-state index >= 15 is 0 Å². The van der Waals surface area contributed by atoms with E-state index in [1.165, 1.54) is 6.07 Å². The highest BCUT2D eigenvalue weighted by Gasteiger charge is 2.16. The molecular formula is C14H21NO3. The first kappa shape index (κ1) is 13.2. The number of hydrogen-bond acceptors (Lipinski definition) is 4. The Bertz CT molecular complexity index is 389. The van der Waals surface area contributed by atoms with Gasteiger partial charge in [0.25, 0.3) is 0 Å². The van der Waals surface area contributed by atoms with Gasteiger partial charge >= 0.3 is 0 Å². The van der Waals surface area contributed by atoms with E-state index in [0.717, 1.165) is 38.2 Å². The maximum absolute atomic E-state index is 9.78. The minimum absolute atomic E-state index is 0.0773. The zero-order valence-electron chi connectivity index (χ0n) is 10.7. The van der Waals surface area contributed by atoms with Crippen LogP contribution in [-0.2, 0) is 4.74 Å². The Kier molecular flexibility index (Phi) is 4.44. The molecule has 1 atom stereocenters. The number of nitrogens with one attached hydrogen (secondary N) is 1. The summed E-state index contributed by atoms with van der Waals surface area (Å²) in [5, 5.41) is 22.5. The minimum atomic E-state index is 0.0773. The Labute approximate surface area is 108 Å². The molecule has 1 aliphatic heterocycles. The fourth-order valence-electron chi connectivity index (χ4n) is 2.30. The molecular weight excluding hydrogens is 230 g/mol. The molecule has 0 aromatic heterocycles. The number of ether oxygens (including phenoxy) is 1. The van der Waals surface area contributed by atoms with Crippen LogP contribution >= 0.6 is 0 Å². The second-order valence-electron chi connectivity index (χ2n) is 4.93. The predicted molar refractivity (Wildman–Crippen MR) is 69.7 cm³/mol. The van der Waals surface area contributed by atoms with Crippen LogP contribution in [-0.4, -0.2) is 30.0 Å². The van der Waals surface area contributed by atoms with E-state index < -0.39 is 0 Å². The van der Waals surface area contributed by atoms with Crippen LogP contribution in [0.25, 0.3) is 0 Å². The molecule has 3 N–H and O–H groups in total. The molecule has 0 saturated carbocycles. The molecule has 0 aliphatic carbocycles. The van der Waals surface area contributed by atoms with Gasteiger partial charge < -0.3 is 20.3 Å². The lowest BCUT2D eigenvalue weighted by Crippen LogP contribution is -2.29. The Morgan fingerprint density at radius 3 is 2.72 bits per heavy atom. The Morgan fingerprint density at radius 2 is 2.06 bits per heavy atom. The summed E-state index contributed by atoms with van der Waals surface area (Å²) in [6, 6.07) is 4.81. The lowest BCUT2D eigenvalue weighted by Gasteiger charge is -2.24. The molecule has 1 unspecified atom stereocenters. The molecule has 0 bridgehead atoms. The first-order valence-corrected chi connectivity index (χ1v) is 6.50. The van der Waals surface area contributed by atoms with Crippen molar-refractivity contribution >= 4 is 0 Å². The van der Waals surface area contributed by atoms with Crippen molar-refractivity contribution in [3.63, 3.8) is 0 Å². The largest absolute Gasteiger partial charge is 0.508 e. The predicted octanol–water partition coefficient (Wildman–Crippen LogP) is 2.18. The summed E-state index contributed by atoms with van der Waals surface area (Å²) in [5.41, 5.74) is 0.819. The van der Waals surface area contributed by atoms with Crippen LogP contribution in [0.15, 0.2) is 18.2 Å². The molecule has 1 saturated heterocycles. The second kappa shape index (κ2) is 6.07. The fourth-order valence-corrected chi connectivity index (χ4v) is 2.30. The van der Waals surface area contributed by atoms with E-state index in [4.69, 9.17) is 4.74 Å². The van der Waals surface area contributed by atoms with Crippen LogP contribution in [0, 0.1) is 5.92 Å². The Morgan fingerprint density at radius 1 is 1.33 bits per heavy atom. The summed E-state index contributed by atoms with van der Waals surface area (Å²) >= 11 is 0. The van der Waals surface area contributed by atoms with Gasteiger partial charge in [0.2, 0.25) is 0 Å². The zero-order valence-corrected chi connectivity index (χ0v) is 10.7. The van der Waals surface area contributed by atoms with Gasteiger partial charge in [-0.25, -0.2) is 0 Å². The van der Waals surface area contributed by atoms with E-state index in [0.29, 0.717) is 5.92 Å². The molecule has 2 rings (SSSR count). The topological polar surface area (TPSA) is 61.7 Å². The van der Waals surface area contributed by atoms with E-state index in [1.54, 1.807) is 12.1 Å². The maximum Gasteiger partial charge on any atom is 0.124 e. The molecule has 1 aromatic rings. The van der Waals surface area contributed by atoms with Crippen LogP contribution in [0.5, 0.6) is 11.5 Å². The molecule has 0 amide bonds. The minimum Gasteiger partial charge on any atom is -0.508 e. The third-order valence-electron chi connectivity index (χ3n) is 3.53. The molecule has 1 aromatic carbocycles. The summed E-state index contributed by atoms with van der Waals surface area (Å²) in [6.07, 6.45) is 2.20. The van der Waals surface area contributed by atoms with Crippen LogP contribution < -0.4 is 5.32 Å². The highest BCUT2D eigenvalue weighted by molar-refractivity contribution is 5.40. The lowest BCUT2D eigenvalue weighted by molar-refractivity contribution is 0.0656. The lowest BCUT2D eigenvalue weighted by atomic mass is 9.99. The quantitative estimate of drug-likeness (QED) is 0.767. The SMILES string of the molecule is CC(NCC1CCOCC1)c1ccc(O)cc1O. The van der Waals surface area contributed by atoms with E-state index in [2.05, 4.69) is 5.32 Å². The second-order valence-corrected chi connectivity index (χ2v) is 4.93. The third-order valence-corrected chi connectivity index (χ3v) is 3.53. The van der Waals surface area contributed by atoms with Crippen molar-refractivity contribution in [1.82, 2.24) is 5.32 Å². The van der Waals surface area contributed by atoms with Gasteiger partial charge in [0.05, 0.1) is 0 Å². The fraction of sp³-hybridized carbons (Fsp3) is 0.571. The van der Waals surface area contributed by atoms with Crippen molar-refractivity contribution in [2.75, 3.05) is 19.8 Å². The molecule has 1 heterocycles. The van der Waals surface area contributed by atoms with Gasteiger partial charge in [-0.1, -0.05) is 6.07 Å². The number of phenols is 2. The number of phenolic OH excluding ortho intramolecular Hbond substituents is 2. The Balaban J connectivity index is 1.88. The normalized spacial score (nSPS) is 18.7. The summed E-state index contributed by atoms with van der Waals surface area (Å²) in [4.78, 5) is 0. The van der Waals surface area contributed by atoms with E-state index in [9.17, 15) is 10.2 Å². The van der Waals surface area contributed by atoms with Gasteiger partial charge in [0.1, 0.15) is 11.5 Å². The maximum atomic E-state index is 9.78. The van der Waals surface area contributed by atoms with Crippen molar-refractivity contribution in [3.05, 3.63) is 23.8 Å². The molecule has 4 nitrogen and oxygen atoms in total. The van der Waals surface area contributed by atoms with Crippen molar-refractivity contribution in [2.45, 2.75) is 25.8 Å². The van der Waals surface area contributed by atoms with Gasteiger partial charge in [-0.2, -0.15) is 0 Å². The number of rotatable bonds is 4. The molecule has 18 heavy (non-hydrogen) atoms. The summed E-state index contributed by atoms with van der Waals surface area (Å²) < 4.78 is 5.33. The number of benzene rings is 1. The van der Waals surface area contributed by atoms with Crippen molar-refractivity contribution in [2.24, 2.45) is 5.92 Å². The van der Waals surface area contributed by atoms with Gasteiger partial charge in [0, 0.05) is 30.9 Å². The van der Waals surface area contributed by atoms with Crippen LogP contribution in [0.3, 0.4) is 0 Å². The van der Waals surface area contributed by atoms with Gasteiger partial charge in [-0.15, -0.1) is 0 Å². The highest BCUT2D eigenvalue weighted by atomic mass is 16.5. The molecule has 0 radical (unpaired) electrons.